The zero-order valence-electron chi connectivity index (χ0n) is 15.9. The summed E-state index contributed by atoms with van der Waals surface area (Å²) >= 11 is 0. The molecule has 0 aromatic carbocycles. The molecule has 5 heteroatoms. The predicted molar refractivity (Wildman–Crippen MR) is 103 cm³/mol. The number of likely N-dealkylation sites (tertiary alicyclic amines) is 1. The highest BCUT2D eigenvalue weighted by Crippen LogP contribution is 2.53. The second kappa shape index (κ2) is 6.61. The number of amides is 1. The molecular weight excluding hydrogens is 340 g/mol. The third-order valence-corrected chi connectivity index (χ3v) is 7.50. The number of aromatic hydroxyl groups is 2. The number of fused-ring (bicyclic) bond motifs is 2. The first-order valence-corrected chi connectivity index (χ1v) is 10.8. The smallest absolute Gasteiger partial charge is 0.224 e. The molecule has 27 heavy (non-hydrogen) atoms. The molecule has 1 saturated heterocycles. The van der Waals surface area contributed by atoms with Crippen LogP contribution in [0.4, 0.5) is 0 Å². The van der Waals surface area contributed by atoms with E-state index in [0.717, 1.165) is 43.4 Å². The molecular formula is C22H30N2O3. The summed E-state index contributed by atoms with van der Waals surface area (Å²) < 4.78 is 1.57. The molecule has 4 atom stereocenters. The maximum atomic E-state index is 13.0. The van der Waals surface area contributed by atoms with E-state index >= 15 is 0 Å². The van der Waals surface area contributed by atoms with E-state index in [1.807, 2.05) is 0 Å². The van der Waals surface area contributed by atoms with Crippen LogP contribution in [0.5, 0.6) is 11.8 Å². The molecule has 1 saturated carbocycles. The van der Waals surface area contributed by atoms with Gasteiger partial charge in [-0.1, -0.05) is 25.0 Å². The second-order valence-electron chi connectivity index (χ2n) is 8.89. The quantitative estimate of drug-likeness (QED) is 0.791. The van der Waals surface area contributed by atoms with Gasteiger partial charge in [0.1, 0.15) is 0 Å². The van der Waals surface area contributed by atoms with Crippen LogP contribution in [0, 0.1) is 5.92 Å². The number of piperidine rings is 1. The Hall–Kier alpha value is -1.91. The second-order valence-corrected chi connectivity index (χ2v) is 8.89. The molecule has 1 aliphatic heterocycles. The Morgan fingerprint density at radius 2 is 1.56 bits per heavy atom. The van der Waals surface area contributed by atoms with Crippen molar-refractivity contribution in [3.05, 3.63) is 23.3 Å². The van der Waals surface area contributed by atoms with Crippen LogP contribution in [0.1, 0.15) is 80.8 Å². The lowest BCUT2D eigenvalue weighted by Crippen LogP contribution is -2.49. The molecule has 146 valence electrons. The first-order valence-electron chi connectivity index (χ1n) is 10.8. The maximum Gasteiger partial charge on any atom is 0.224 e. The van der Waals surface area contributed by atoms with E-state index in [2.05, 4.69) is 17.1 Å². The average Bonchev–Trinajstić information content (AvgIpc) is 2.99. The minimum Gasteiger partial charge on any atom is -0.494 e. The lowest BCUT2D eigenvalue weighted by atomic mass is 9.73. The molecule has 4 unspecified atom stereocenters. The summed E-state index contributed by atoms with van der Waals surface area (Å²) in [5.74, 6) is 1.61. The Morgan fingerprint density at radius 3 is 2.22 bits per heavy atom. The summed E-state index contributed by atoms with van der Waals surface area (Å²) in [6.45, 7) is 1.23. The van der Waals surface area contributed by atoms with Crippen molar-refractivity contribution in [2.24, 2.45) is 5.92 Å². The van der Waals surface area contributed by atoms with Gasteiger partial charge in [-0.25, -0.2) is 0 Å². The Balaban J connectivity index is 1.32. The van der Waals surface area contributed by atoms with Crippen molar-refractivity contribution >= 4 is 5.91 Å². The molecule has 2 fully saturated rings. The molecule has 6 rings (SSSR count). The summed E-state index contributed by atoms with van der Waals surface area (Å²) in [4.78, 5) is 15.1. The van der Waals surface area contributed by atoms with Crippen molar-refractivity contribution in [2.45, 2.75) is 82.2 Å². The topological polar surface area (TPSA) is 65.7 Å². The van der Waals surface area contributed by atoms with E-state index in [0.29, 0.717) is 24.9 Å². The van der Waals surface area contributed by atoms with Gasteiger partial charge in [-0.15, -0.1) is 0 Å². The van der Waals surface area contributed by atoms with Crippen LogP contribution in [-0.4, -0.2) is 38.2 Å². The standard InChI is InChI=1S/C22H30N2O3/c25-18(23-12-3-5-14-4-1-2-6-17(14)23)11-13-24-21(26)19-15-7-8-16(10-9-15)20(19)22(24)27/h7-8,14-17,26-27H,1-6,9-13H2. The van der Waals surface area contributed by atoms with E-state index in [9.17, 15) is 15.0 Å². The first-order chi connectivity index (χ1) is 13.1. The molecule has 2 heterocycles. The van der Waals surface area contributed by atoms with E-state index in [4.69, 9.17) is 0 Å². The molecule has 0 radical (unpaired) electrons. The van der Waals surface area contributed by atoms with Gasteiger partial charge in [0.15, 0.2) is 11.8 Å². The van der Waals surface area contributed by atoms with Crippen LogP contribution < -0.4 is 0 Å². The molecule has 2 N–H and O–H groups in total. The highest BCUT2D eigenvalue weighted by molar-refractivity contribution is 5.76. The van der Waals surface area contributed by atoms with Crippen LogP contribution >= 0.6 is 0 Å². The molecule has 1 aromatic heterocycles. The summed E-state index contributed by atoms with van der Waals surface area (Å²) in [6.07, 6.45) is 14.0. The molecule has 2 bridgehead atoms. The Kier molecular flexibility index (Phi) is 4.21. The van der Waals surface area contributed by atoms with Crippen molar-refractivity contribution in [1.82, 2.24) is 9.47 Å². The van der Waals surface area contributed by atoms with Crippen LogP contribution in [0.15, 0.2) is 12.2 Å². The molecule has 4 aliphatic carbocycles. The van der Waals surface area contributed by atoms with Gasteiger partial charge < -0.3 is 15.1 Å². The minimum atomic E-state index is 0.170. The maximum absolute atomic E-state index is 13.0. The monoisotopic (exact) mass is 370 g/mol. The third kappa shape index (κ3) is 2.69. The fourth-order valence-corrected chi connectivity index (χ4v) is 6.16. The van der Waals surface area contributed by atoms with Crippen molar-refractivity contribution < 1.29 is 15.0 Å². The van der Waals surface area contributed by atoms with Gasteiger partial charge in [0.2, 0.25) is 5.91 Å². The number of aromatic nitrogens is 1. The van der Waals surface area contributed by atoms with Crippen molar-refractivity contribution in [2.75, 3.05) is 6.54 Å². The highest BCUT2D eigenvalue weighted by Gasteiger charge is 2.38. The lowest BCUT2D eigenvalue weighted by molar-refractivity contribution is -0.137. The summed E-state index contributed by atoms with van der Waals surface area (Å²) in [6, 6.07) is 0.417. The number of hydrogen-bond acceptors (Lipinski definition) is 3. The van der Waals surface area contributed by atoms with Crippen molar-refractivity contribution in [3.8, 4) is 11.8 Å². The van der Waals surface area contributed by atoms with Gasteiger partial charge in [0, 0.05) is 48.5 Å². The zero-order valence-corrected chi connectivity index (χ0v) is 15.9. The molecule has 0 spiro atoms. The van der Waals surface area contributed by atoms with E-state index in [-0.39, 0.29) is 29.5 Å². The number of carbonyl (C=O) groups excluding carboxylic acids is 1. The number of allylic oxidation sites excluding steroid dienone is 2. The van der Waals surface area contributed by atoms with Crippen LogP contribution in [0.3, 0.4) is 0 Å². The predicted octanol–water partition coefficient (Wildman–Crippen LogP) is 4.00. The van der Waals surface area contributed by atoms with Gasteiger partial charge in [0.25, 0.3) is 0 Å². The molecule has 1 aromatic rings. The first kappa shape index (κ1) is 17.2. The molecule has 5 aliphatic rings. The summed E-state index contributed by atoms with van der Waals surface area (Å²) in [5.41, 5.74) is 1.79. The van der Waals surface area contributed by atoms with Crippen molar-refractivity contribution in [1.29, 1.82) is 0 Å². The van der Waals surface area contributed by atoms with E-state index in [1.54, 1.807) is 4.57 Å². The fourth-order valence-electron chi connectivity index (χ4n) is 6.16. The fraction of sp³-hybridized carbons (Fsp3) is 0.682. The Labute approximate surface area is 160 Å². The number of hydrogen-bond donors (Lipinski definition) is 2. The third-order valence-electron chi connectivity index (χ3n) is 7.50. The van der Waals surface area contributed by atoms with Gasteiger partial charge in [0.05, 0.1) is 0 Å². The average molecular weight is 370 g/mol. The van der Waals surface area contributed by atoms with E-state index in [1.165, 1.54) is 25.7 Å². The number of carbonyl (C=O) groups is 1. The van der Waals surface area contributed by atoms with Crippen LogP contribution in [0.2, 0.25) is 0 Å². The van der Waals surface area contributed by atoms with Crippen molar-refractivity contribution in [3.63, 3.8) is 0 Å². The number of nitrogens with zero attached hydrogens (tertiary/aromatic N) is 2. The molecule has 5 nitrogen and oxygen atoms in total. The lowest BCUT2D eigenvalue weighted by Gasteiger charge is -2.44. The number of rotatable bonds is 3. The summed E-state index contributed by atoms with van der Waals surface area (Å²) in [5, 5.41) is 21.5. The minimum absolute atomic E-state index is 0.170. The van der Waals surface area contributed by atoms with Gasteiger partial charge in [-0.3, -0.25) is 9.36 Å². The molecule has 1 amide bonds. The largest absolute Gasteiger partial charge is 0.494 e. The Bertz CT molecular complexity index is 742. The zero-order chi connectivity index (χ0) is 18.5. The van der Waals surface area contributed by atoms with E-state index < -0.39 is 0 Å². The normalized spacial score (nSPS) is 31.6. The van der Waals surface area contributed by atoms with Gasteiger partial charge >= 0.3 is 0 Å². The Morgan fingerprint density at radius 1 is 0.926 bits per heavy atom. The van der Waals surface area contributed by atoms with Gasteiger partial charge in [-0.2, -0.15) is 0 Å². The SMILES string of the molecule is O=C(CCn1c(O)c2c(c1O)C1C=CC2CC1)N1CCCC2CCCCC21. The summed E-state index contributed by atoms with van der Waals surface area (Å²) in [7, 11) is 0. The van der Waals surface area contributed by atoms with Crippen LogP contribution in [0.25, 0.3) is 0 Å². The highest BCUT2D eigenvalue weighted by atomic mass is 16.3. The van der Waals surface area contributed by atoms with Gasteiger partial charge in [-0.05, 0) is 44.4 Å². The van der Waals surface area contributed by atoms with Crippen LogP contribution in [-0.2, 0) is 11.3 Å².